The molecule has 0 bridgehead atoms. The molecule has 0 atom stereocenters. The second kappa shape index (κ2) is 4.28. The normalized spacial score (nSPS) is 10.1. The van der Waals surface area contributed by atoms with Gasteiger partial charge in [-0.25, -0.2) is 0 Å². The van der Waals surface area contributed by atoms with Crippen LogP contribution in [0.4, 0.5) is 13.2 Å². The van der Waals surface area contributed by atoms with Gasteiger partial charge in [-0.3, -0.25) is 5.84 Å². The fourth-order valence-corrected chi connectivity index (χ4v) is 0.233. The van der Waals surface area contributed by atoms with Crippen molar-refractivity contribution in [2.45, 2.75) is 6.18 Å². The van der Waals surface area contributed by atoms with E-state index in [-0.39, 0.29) is 0 Å². The molecule has 9 heteroatoms. The summed E-state index contributed by atoms with van der Waals surface area (Å²) >= 11 is 0. The third kappa shape index (κ3) is 5.47. The minimum absolute atomic E-state index is 1.33. The zero-order valence-corrected chi connectivity index (χ0v) is 6.08. The number of nitrogens with zero attached hydrogens (tertiary/aromatic N) is 2. The van der Waals surface area contributed by atoms with Gasteiger partial charge in [0, 0.05) is 5.10 Å². The first-order valence-corrected chi connectivity index (χ1v) is 2.77. The number of rotatable bonds is 0. The minimum Gasteiger partial charge on any atom is -0.542 e. The Morgan fingerprint density at radius 1 is 1.62 bits per heavy atom. The summed E-state index contributed by atoms with van der Waals surface area (Å²) in [5, 5.41) is 14.8. The number of hydrogen-bond donors (Lipinski definition) is 2. The molecule has 0 fully saturated rings. The summed E-state index contributed by atoms with van der Waals surface area (Å²) < 4.78 is 32.9. The number of alkyl halides is 3. The van der Waals surface area contributed by atoms with Crippen LogP contribution < -0.4 is 15.6 Å². The summed E-state index contributed by atoms with van der Waals surface area (Å²) in [6.07, 6.45) is -2.18. The van der Waals surface area contributed by atoms with Crippen molar-refractivity contribution in [3.05, 3.63) is 12.7 Å². The van der Waals surface area contributed by atoms with Gasteiger partial charge in [-0.2, -0.15) is 13.2 Å². The molecule has 74 valence electrons. The maximum atomic E-state index is 10.5. The van der Waals surface area contributed by atoms with Crippen LogP contribution in [0.25, 0.3) is 0 Å². The molecule has 1 aromatic rings. The van der Waals surface area contributed by atoms with Gasteiger partial charge in [-0.15, -0.1) is 9.77 Å². The third-order valence-electron chi connectivity index (χ3n) is 0.704. The smallest absolute Gasteiger partial charge is 0.430 e. The van der Waals surface area contributed by atoms with Gasteiger partial charge in [0.05, 0.1) is 0 Å². The maximum Gasteiger partial charge on any atom is 0.430 e. The van der Waals surface area contributed by atoms with Crippen molar-refractivity contribution in [3.63, 3.8) is 0 Å². The summed E-state index contributed by atoms with van der Waals surface area (Å²) in [6, 6.07) is 0. The molecule has 0 aromatic carbocycles. The van der Waals surface area contributed by atoms with E-state index in [1.807, 2.05) is 0 Å². The first-order valence-electron chi connectivity index (χ1n) is 2.77. The number of nitrogen functional groups attached to an aromatic ring is 1. The van der Waals surface area contributed by atoms with Crippen LogP contribution in [-0.4, -0.2) is 22.3 Å². The Morgan fingerprint density at radius 2 is 2.08 bits per heavy atom. The summed E-state index contributed by atoms with van der Waals surface area (Å²) in [4.78, 5) is 8.78. The first kappa shape index (κ1) is 11.2. The average Bonchev–Trinajstić information content (AvgIpc) is 2.38. The Balaban J connectivity index is 0.000000223. The van der Waals surface area contributed by atoms with Crippen molar-refractivity contribution in [3.8, 4) is 0 Å². The topological polar surface area (TPSA) is 98.7 Å². The predicted octanol–water partition coefficient (Wildman–Crippen LogP) is -2.29. The van der Waals surface area contributed by atoms with Crippen molar-refractivity contribution in [1.82, 2.24) is 10.2 Å². The summed E-state index contributed by atoms with van der Waals surface area (Å²) in [5.74, 6) is 2.09. The van der Waals surface area contributed by atoms with Crippen LogP contribution in [0.3, 0.4) is 0 Å². The molecule has 0 radical (unpaired) electrons. The van der Waals surface area contributed by atoms with E-state index in [9.17, 15) is 13.2 Å². The molecule has 0 aliphatic heterocycles. The van der Waals surface area contributed by atoms with Crippen molar-refractivity contribution < 1.29 is 27.7 Å². The molecule has 0 saturated carbocycles. The number of carbonyl (C=O) groups is 1. The number of hydrogen-bond acceptors (Lipinski definition) is 4. The van der Waals surface area contributed by atoms with E-state index >= 15 is 0 Å². The fourth-order valence-electron chi connectivity index (χ4n) is 0.233. The van der Waals surface area contributed by atoms with Crippen LogP contribution in [0.15, 0.2) is 12.7 Å². The number of H-pyrrole nitrogens is 1. The lowest BCUT2D eigenvalue weighted by atomic mass is 10.7. The van der Waals surface area contributed by atoms with Crippen LogP contribution in [0.1, 0.15) is 0 Å². The molecule has 13 heavy (non-hydrogen) atoms. The molecule has 0 saturated heterocycles. The molecule has 6 nitrogen and oxygen atoms in total. The highest BCUT2D eigenvalue weighted by atomic mass is 19.4. The number of aliphatic carboxylic acids is 1. The van der Waals surface area contributed by atoms with Crippen LogP contribution >= 0.6 is 0 Å². The quantitative estimate of drug-likeness (QED) is 0.362. The third-order valence-corrected chi connectivity index (χ3v) is 0.704. The van der Waals surface area contributed by atoms with Crippen molar-refractivity contribution in [1.29, 1.82) is 0 Å². The maximum absolute atomic E-state index is 10.5. The average molecular weight is 198 g/mol. The monoisotopic (exact) mass is 198 g/mol. The van der Waals surface area contributed by atoms with E-state index in [1.165, 1.54) is 11.0 Å². The molecular formula is C4H5F3N4O2. The van der Waals surface area contributed by atoms with E-state index in [0.717, 1.165) is 0 Å². The number of aromatic amines is 1. The summed E-state index contributed by atoms with van der Waals surface area (Å²) in [5.41, 5.74) is 0. The standard InChI is InChI=1S/C2HF3O2.C2H4N4/c3-2(4,5)1(6)7;3-6-1-4-5-2-6/h(H,6,7);1-2H,3H2. The molecule has 0 spiro atoms. The Hall–Kier alpha value is -1.80. The Morgan fingerprint density at radius 3 is 2.15 bits per heavy atom. The number of nitrogens with one attached hydrogen (secondary N) is 1. The number of halogens is 3. The van der Waals surface area contributed by atoms with Crippen LogP contribution in [0, 0.1) is 0 Å². The van der Waals surface area contributed by atoms with Gasteiger partial charge in [0.1, 0.15) is 5.97 Å². The summed E-state index contributed by atoms with van der Waals surface area (Å²) in [6.45, 7) is 0. The van der Waals surface area contributed by atoms with Gasteiger partial charge in [0.15, 0.2) is 0 Å². The fraction of sp³-hybridized carbons (Fsp3) is 0.250. The van der Waals surface area contributed by atoms with Crippen molar-refractivity contribution in [2.24, 2.45) is 0 Å². The highest BCUT2D eigenvalue weighted by Gasteiger charge is 2.28. The van der Waals surface area contributed by atoms with E-state index in [2.05, 4.69) is 10.2 Å². The van der Waals surface area contributed by atoms with Gasteiger partial charge >= 0.3 is 6.18 Å². The zero-order valence-electron chi connectivity index (χ0n) is 6.08. The van der Waals surface area contributed by atoms with E-state index in [1.54, 1.807) is 6.33 Å². The number of carbonyl (C=O) groups excluding carboxylic acids is 1. The van der Waals surface area contributed by atoms with E-state index in [4.69, 9.17) is 15.7 Å². The lowest BCUT2D eigenvalue weighted by Gasteiger charge is -2.03. The Labute approximate surface area is 69.8 Å². The van der Waals surface area contributed by atoms with Gasteiger partial charge in [-0.1, -0.05) is 0 Å². The van der Waals surface area contributed by atoms with Crippen LogP contribution in [-0.2, 0) is 4.79 Å². The number of carboxylic acids is 1. The Kier molecular flexibility index (Phi) is 3.69. The molecule has 0 aliphatic rings. The number of aromatic nitrogens is 3. The molecule has 1 aromatic heterocycles. The van der Waals surface area contributed by atoms with Crippen molar-refractivity contribution >= 4 is 5.97 Å². The van der Waals surface area contributed by atoms with E-state index < -0.39 is 12.1 Å². The SMILES string of the molecule is N[n+]1cn[nH]c1.O=C([O-])C(F)(F)F. The van der Waals surface area contributed by atoms with Crippen LogP contribution in [0.5, 0.6) is 0 Å². The minimum atomic E-state index is -5.19. The van der Waals surface area contributed by atoms with Gasteiger partial charge in [0.25, 0.3) is 6.33 Å². The van der Waals surface area contributed by atoms with E-state index in [0.29, 0.717) is 0 Å². The highest BCUT2D eigenvalue weighted by molar-refractivity contribution is 5.70. The highest BCUT2D eigenvalue weighted by Crippen LogP contribution is 2.11. The molecular weight excluding hydrogens is 193 g/mol. The molecule has 3 N–H and O–H groups in total. The Bertz CT molecular complexity index is 257. The number of nitrogens with two attached hydrogens (primary N) is 1. The lowest BCUT2D eigenvalue weighted by molar-refractivity contribution is -0.638. The number of carboxylic acid groups (broad SMARTS) is 1. The van der Waals surface area contributed by atoms with Gasteiger partial charge < -0.3 is 9.90 Å². The molecule has 1 rings (SSSR count). The molecule has 0 aliphatic carbocycles. The molecule has 0 amide bonds. The van der Waals surface area contributed by atoms with Crippen molar-refractivity contribution in [2.75, 3.05) is 5.84 Å². The lowest BCUT2D eigenvalue weighted by Crippen LogP contribution is -2.41. The predicted molar refractivity (Wildman–Crippen MR) is 30.0 cm³/mol. The molecule has 0 unspecified atom stereocenters. The summed E-state index contributed by atoms with van der Waals surface area (Å²) in [7, 11) is 0. The van der Waals surface area contributed by atoms with Gasteiger partial charge in [-0.05, 0) is 0 Å². The molecule has 1 heterocycles. The first-order chi connectivity index (χ1) is 5.84. The zero-order chi connectivity index (χ0) is 10.5. The second-order valence-electron chi connectivity index (χ2n) is 1.74. The van der Waals surface area contributed by atoms with Crippen LogP contribution in [0.2, 0.25) is 0 Å². The second-order valence-corrected chi connectivity index (χ2v) is 1.74. The largest absolute Gasteiger partial charge is 0.542 e. The van der Waals surface area contributed by atoms with Gasteiger partial charge in [0.2, 0.25) is 6.33 Å².